The average Bonchev–Trinajstić information content (AvgIpc) is 2.46. The van der Waals surface area contributed by atoms with Crippen molar-refractivity contribution in [2.45, 2.75) is 25.8 Å². The molecule has 7 heteroatoms. The molecule has 0 aliphatic heterocycles. The normalized spacial score (nSPS) is 14.7. The van der Waals surface area contributed by atoms with Crippen molar-refractivity contribution in [3.05, 3.63) is 54.1 Å². The molecular formula is C15H16F3N2O2+. The zero-order valence-corrected chi connectivity index (χ0v) is 12.1. The van der Waals surface area contributed by atoms with E-state index in [2.05, 4.69) is 14.7 Å². The molecule has 118 valence electrons. The molecule has 0 bridgehead atoms. The van der Waals surface area contributed by atoms with Crippen molar-refractivity contribution in [2.75, 3.05) is 0 Å². The highest BCUT2D eigenvalue weighted by Crippen LogP contribution is 2.36. The van der Waals surface area contributed by atoms with Crippen LogP contribution < -0.4 is 9.72 Å². The number of alkyl halides is 3. The van der Waals surface area contributed by atoms with Crippen LogP contribution in [0.25, 0.3) is 0 Å². The lowest BCUT2D eigenvalue weighted by Gasteiger charge is -2.31. The van der Waals surface area contributed by atoms with Crippen molar-refractivity contribution >= 4 is 0 Å². The standard InChI is InChI=1S/C15H15F3N2O2/c1-10(2)14(21,12-7-19-9-20-8-12)11-3-5-13(6-4-11)22-15(16,17)18/h3-10,21H,1-2H3/p+1. The molecule has 1 atom stereocenters. The van der Waals surface area contributed by atoms with Crippen LogP contribution in [0.3, 0.4) is 0 Å². The zero-order valence-electron chi connectivity index (χ0n) is 12.1. The third kappa shape index (κ3) is 3.36. The van der Waals surface area contributed by atoms with Gasteiger partial charge in [-0.3, -0.25) is 4.98 Å². The summed E-state index contributed by atoms with van der Waals surface area (Å²) in [6.07, 6.45) is -0.164. The van der Waals surface area contributed by atoms with Crippen LogP contribution in [-0.2, 0) is 5.60 Å². The first-order valence-electron chi connectivity index (χ1n) is 6.63. The van der Waals surface area contributed by atoms with Gasteiger partial charge in [0.1, 0.15) is 17.5 Å². The molecule has 2 aromatic rings. The summed E-state index contributed by atoms with van der Waals surface area (Å²) in [7, 11) is 0. The van der Waals surface area contributed by atoms with Crippen LogP contribution in [0.5, 0.6) is 5.75 Å². The van der Waals surface area contributed by atoms with Gasteiger partial charge in [0.2, 0.25) is 0 Å². The molecule has 0 aliphatic carbocycles. The van der Waals surface area contributed by atoms with Gasteiger partial charge in [0.25, 0.3) is 6.33 Å². The van der Waals surface area contributed by atoms with E-state index in [-0.39, 0.29) is 11.7 Å². The van der Waals surface area contributed by atoms with Crippen molar-refractivity contribution in [1.29, 1.82) is 0 Å². The van der Waals surface area contributed by atoms with Crippen LogP contribution in [0.1, 0.15) is 25.0 Å². The van der Waals surface area contributed by atoms with Gasteiger partial charge in [-0.25, -0.2) is 0 Å². The summed E-state index contributed by atoms with van der Waals surface area (Å²) in [4.78, 5) is 6.72. The predicted octanol–water partition coefficient (Wildman–Crippen LogP) is 2.69. The van der Waals surface area contributed by atoms with Crippen molar-refractivity contribution in [2.24, 2.45) is 5.92 Å². The lowest BCUT2D eigenvalue weighted by molar-refractivity contribution is -0.384. The maximum Gasteiger partial charge on any atom is 0.573 e. The van der Waals surface area contributed by atoms with Crippen molar-refractivity contribution in [1.82, 2.24) is 4.98 Å². The molecule has 2 rings (SSSR count). The van der Waals surface area contributed by atoms with Gasteiger partial charge in [-0.1, -0.05) is 31.0 Å². The van der Waals surface area contributed by atoms with Crippen LogP contribution in [0.2, 0.25) is 0 Å². The number of aromatic amines is 1. The van der Waals surface area contributed by atoms with E-state index < -0.39 is 12.0 Å². The van der Waals surface area contributed by atoms with Crippen molar-refractivity contribution in [3.63, 3.8) is 0 Å². The van der Waals surface area contributed by atoms with Gasteiger partial charge in [-0.15, -0.1) is 13.2 Å². The summed E-state index contributed by atoms with van der Waals surface area (Å²) < 4.78 is 40.4. The molecule has 1 unspecified atom stereocenters. The summed E-state index contributed by atoms with van der Waals surface area (Å²) in [6, 6.07) is 5.18. The summed E-state index contributed by atoms with van der Waals surface area (Å²) in [6.45, 7) is 3.63. The second-order valence-corrected chi connectivity index (χ2v) is 5.17. The lowest BCUT2D eigenvalue weighted by Crippen LogP contribution is -2.34. The number of aromatic nitrogens is 2. The molecule has 0 radical (unpaired) electrons. The number of hydrogen-bond acceptors (Lipinski definition) is 3. The minimum absolute atomic E-state index is 0.223. The summed E-state index contributed by atoms with van der Waals surface area (Å²) in [5.41, 5.74) is -0.394. The predicted molar refractivity (Wildman–Crippen MR) is 71.8 cm³/mol. The van der Waals surface area contributed by atoms with Crippen LogP contribution in [0, 0.1) is 5.92 Å². The Hall–Kier alpha value is -2.15. The average molecular weight is 313 g/mol. The van der Waals surface area contributed by atoms with E-state index in [1.165, 1.54) is 36.8 Å². The second-order valence-electron chi connectivity index (χ2n) is 5.17. The number of benzene rings is 1. The van der Waals surface area contributed by atoms with Gasteiger partial charge in [0, 0.05) is 0 Å². The first-order chi connectivity index (χ1) is 10.2. The van der Waals surface area contributed by atoms with Gasteiger partial charge in [0.05, 0.1) is 11.8 Å². The Bertz CT molecular complexity index is 615. The molecule has 1 aromatic carbocycles. The van der Waals surface area contributed by atoms with E-state index in [1.54, 1.807) is 6.20 Å². The smallest absolute Gasteiger partial charge is 0.406 e. The van der Waals surface area contributed by atoms with Gasteiger partial charge >= 0.3 is 6.36 Å². The zero-order chi connectivity index (χ0) is 16.4. The van der Waals surface area contributed by atoms with E-state index in [0.717, 1.165) is 0 Å². The molecule has 0 saturated heterocycles. The number of hydrogen-bond donors (Lipinski definition) is 1. The highest BCUT2D eigenvalue weighted by Gasteiger charge is 2.37. The fraction of sp³-hybridized carbons (Fsp3) is 0.333. The van der Waals surface area contributed by atoms with Gasteiger partial charge in [-0.2, -0.15) is 0 Å². The van der Waals surface area contributed by atoms with E-state index in [1.807, 2.05) is 13.8 Å². The first-order valence-corrected chi connectivity index (χ1v) is 6.63. The largest absolute Gasteiger partial charge is 0.573 e. The molecule has 0 aliphatic rings. The summed E-state index contributed by atoms with van der Waals surface area (Å²) in [5.74, 6) is -0.556. The Kier molecular flexibility index (Phi) is 4.37. The number of nitrogens with zero attached hydrogens (tertiary/aromatic N) is 1. The number of halogens is 3. The molecular weight excluding hydrogens is 297 g/mol. The molecule has 4 nitrogen and oxygen atoms in total. The molecule has 22 heavy (non-hydrogen) atoms. The quantitative estimate of drug-likeness (QED) is 0.944. The van der Waals surface area contributed by atoms with Gasteiger partial charge in [-0.05, 0) is 23.6 Å². The Morgan fingerprint density at radius 3 is 2.23 bits per heavy atom. The highest BCUT2D eigenvalue weighted by molar-refractivity contribution is 5.37. The fourth-order valence-electron chi connectivity index (χ4n) is 2.28. The minimum atomic E-state index is -4.74. The SMILES string of the molecule is CC(C)C(O)(c1ccc(OC(F)(F)F)cc1)c1cnc[nH+]c1. The van der Waals surface area contributed by atoms with Crippen LogP contribution in [0.4, 0.5) is 13.2 Å². The van der Waals surface area contributed by atoms with Crippen molar-refractivity contribution < 1.29 is 28.0 Å². The number of rotatable bonds is 4. The van der Waals surface area contributed by atoms with Gasteiger partial charge in [0.15, 0.2) is 0 Å². The Balaban J connectivity index is 2.38. The monoisotopic (exact) mass is 313 g/mol. The minimum Gasteiger partial charge on any atom is -0.406 e. The second kappa shape index (κ2) is 5.92. The van der Waals surface area contributed by atoms with Crippen molar-refractivity contribution in [3.8, 4) is 5.75 Å². The maximum absolute atomic E-state index is 12.2. The molecule has 1 heterocycles. The highest BCUT2D eigenvalue weighted by atomic mass is 19.4. The van der Waals surface area contributed by atoms with E-state index in [0.29, 0.717) is 11.1 Å². The van der Waals surface area contributed by atoms with E-state index in [4.69, 9.17) is 0 Å². The first kappa shape index (κ1) is 16.2. The van der Waals surface area contributed by atoms with Gasteiger partial charge < -0.3 is 9.84 Å². The summed E-state index contributed by atoms with van der Waals surface area (Å²) in [5, 5.41) is 11.0. The molecule has 0 fully saturated rings. The number of ether oxygens (including phenoxy) is 1. The fourth-order valence-corrected chi connectivity index (χ4v) is 2.28. The number of nitrogens with one attached hydrogen (secondary N) is 1. The van der Waals surface area contributed by atoms with Crippen LogP contribution >= 0.6 is 0 Å². The van der Waals surface area contributed by atoms with E-state index in [9.17, 15) is 18.3 Å². The molecule has 0 amide bonds. The molecule has 1 aromatic heterocycles. The number of H-pyrrole nitrogens is 1. The molecule has 2 N–H and O–H groups in total. The van der Waals surface area contributed by atoms with E-state index >= 15 is 0 Å². The van der Waals surface area contributed by atoms with Crippen LogP contribution in [0.15, 0.2) is 43.0 Å². The Morgan fingerprint density at radius 1 is 1.14 bits per heavy atom. The topological polar surface area (TPSA) is 56.5 Å². The van der Waals surface area contributed by atoms with Crippen LogP contribution in [-0.4, -0.2) is 16.5 Å². The maximum atomic E-state index is 12.2. The molecule has 0 spiro atoms. The Morgan fingerprint density at radius 2 is 1.77 bits per heavy atom. The molecule has 0 saturated carbocycles. The lowest BCUT2D eigenvalue weighted by atomic mass is 9.79. The third-order valence-corrected chi connectivity index (χ3v) is 3.41. The summed E-state index contributed by atoms with van der Waals surface area (Å²) >= 11 is 0. The Labute approximate surface area is 125 Å². The third-order valence-electron chi connectivity index (χ3n) is 3.41. The number of aliphatic hydroxyl groups is 1.